The van der Waals surface area contributed by atoms with Crippen LogP contribution in [0.1, 0.15) is 54.1 Å². The Labute approximate surface area is 295 Å². The van der Waals surface area contributed by atoms with Crippen LogP contribution in [0, 0.1) is 6.92 Å². The number of hydrogen-bond donors (Lipinski definition) is 1. The van der Waals surface area contributed by atoms with E-state index in [0.29, 0.717) is 49.4 Å². The Balaban J connectivity index is 0.00000486. The lowest BCUT2D eigenvalue weighted by molar-refractivity contribution is 0.0779. The fourth-order valence-electron chi connectivity index (χ4n) is 7.60. The molecule has 3 aromatic carbocycles. The van der Waals surface area contributed by atoms with Gasteiger partial charge in [-0.05, 0) is 93.6 Å². The van der Waals surface area contributed by atoms with E-state index in [9.17, 15) is 4.79 Å². The molecule has 1 aromatic heterocycles. The summed E-state index contributed by atoms with van der Waals surface area (Å²) in [4.78, 5) is 23.5. The van der Waals surface area contributed by atoms with Gasteiger partial charge in [0.1, 0.15) is 5.75 Å². The summed E-state index contributed by atoms with van der Waals surface area (Å²) in [6.07, 6.45) is 3.98. The number of fused-ring (bicyclic) bond motifs is 1. The van der Waals surface area contributed by atoms with Crippen LogP contribution in [-0.4, -0.2) is 104 Å². The van der Waals surface area contributed by atoms with Crippen LogP contribution in [-0.2, 0) is 16.7 Å². The first kappa shape index (κ1) is 36.9. The molecular weight excluding hydrogens is 634 g/mol. The van der Waals surface area contributed by atoms with E-state index in [1.165, 1.54) is 5.56 Å². The molecule has 0 spiro atoms. The van der Waals surface area contributed by atoms with Crippen LogP contribution < -0.4 is 19.5 Å². The molecule has 0 bridgehead atoms. The number of nitrogens with zero attached hydrogens (tertiary/aromatic N) is 4. The number of para-hydroxylation sites is 2. The molecule has 2 fully saturated rings. The summed E-state index contributed by atoms with van der Waals surface area (Å²) in [6.45, 7) is 10.5. The topological polar surface area (TPSA) is 122 Å². The fraction of sp³-hybridized carbons (Fsp3) is 0.487. The number of carbonyl (C=O) groups is 1. The minimum absolute atomic E-state index is 0. The zero-order valence-electron chi connectivity index (χ0n) is 30.2. The second kappa shape index (κ2) is 16.6. The standard InChI is InChI=1S/C39H51N5O5.H2O/c1-6-49-24-23-44-34-10-8-7-9-33(34)41-38(44)40-31-15-19-42(20-16-31)21-17-39(30-11-13-32(46-3)14-12-30)18-22-43(27-39)37(45)29-25-28(2)36(48-5)35(26-29)47-4;/h7-14,25-26,31H,6,15-24,27H2,1-5H3,(H,40,41);1H2. The third kappa shape index (κ3) is 7.85. The maximum absolute atomic E-state index is 13.9. The van der Waals surface area contributed by atoms with E-state index in [1.807, 2.05) is 43.0 Å². The van der Waals surface area contributed by atoms with Gasteiger partial charge >= 0.3 is 0 Å². The number of piperidine rings is 1. The largest absolute Gasteiger partial charge is 0.497 e. The number of anilines is 1. The minimum Gasteiger partial charge on any atom is -0.497 e. The number of benzene rings is 3. The number of hydrogen-bond acceptors (Lipinski definition) is 8. The van der Waals surface area contributed by atoms with E-state index in [2.05, 4.69) is 45.1 Å². The Hall–Kier alpha value is -4.32. The van der Waals surface area contributed by atoms with Crippen molar-refractivity contribution >= 4 is 22.9 Å². The molecule has 2 saturated heterocycles. The first-order valence-corrected chi connectivity index (χ1v) is 17.6. The summed E-state index contributed by atoms with van der Waals surface area (Å²) in [7, 11) is 4.92. The molecule has 1 unspecified atom stereocenters. The molecule has 2 aliphatic rings. The number of likely N-dealkylation sites (tertiary alicyclic amines) is 2. The van der Waals surface area contributed by atoms with Crippen molar-refractivity contribution in [2.24, 2.45) is 0 Å². The number of ether oxygens (including phenoxy) is 4. The molecule has 1 atom stereocenters. The van der Waals surface area contributed by atoms with E-state index < -0.39 is 0 Å². The molecule has 1 amide bonds. The number of aromatic nitrogens is 2. The SMILES string of the molecule is CCOCCn1c(NC2CCN(CCC3(c4ccc(OC)cc4)CCN(C(=O)c4cc(C)c(OC)c(OC)c4)C3)CC2)nc2ccccc21.O. The van der Waals surface area contributed by atoms with Gasteiger partial charge in [0.2, 0.25) is 5.95 Å². The predicted molar refractivity (Wildman–Crippen MR) is 197 cm³/mol. The van der Waals surface area contributed by atoms with Crippen molar-refractivity contribution in [2.45, 2.75) is 57.5 Å². The first-order chi connectivity index (χ1) is 23.9. The average molecular weight is 688 g/mol. The van der Waals surface area contributed by atoms with Crippen molar-refractivity contribution in [2.75, 3.05) is 72.6 Å². The fourth-order valence-corrected chi connectivity index (χ4v) is 7.60. The van der Waals surface area contributed by atoms with Crippen molar-refractivity contribution in [3.63, 3.8) is 0 Å². The molecule has 0 radical (unpaired) electrons. The Morgan fingerprint density at radius 2 is 1.72 bits per heavy atom. The lowest BCUT2D eigenvalue weighted by Gasteiger charge is -2.36. The van der Waals surface area contributed by atoms with Crippen LogP contribution in [0.4, 0.5) is 5.95 Å². The molecule has 11 heteroatoms. The molecule has 50 heavy (non-hydrogen) atoms. The third-order valence-corrected chi connectivity index (χ3v) is 10.4. The van der Waals surface area contributed by atoms with Gasteiger partial charge in [-0.2, -0.15) is 0 Å². The highest BCUT2D eigenvalue weighted by Gasteiger charge is 2.42. The number of methoxy groups -OCH3 is 3. The van der Waals surface area contributed by atoms with E-state index in [0.717, 1.165) is 80.2 Å². The van der Waals surface area contributed by atoms with E-state index in [4.69, 9.17) is 23.9 Å². The van der Waals surface area contributed by atoms with Crippen LogP contribution in [0.5, 0.6) is 17.2 Å². The van der Waals surface area contributed by atoms with Gasteiger partial charge in [0.25, 0.3) is 5.91 Å². The molecule has 0 aliphatic carbocycles. The molecule has 3 heterocycles. The highest BCUT2D eigenvalue weighted by molar-refractivity contribution is 5.95. The summed E-state index contributed by atoms with van der Waals surface area (Å²) in [5.41, 5.74) is 4.76. The van der Waals surface area contributed by atoms with Crippen LogP contribution in [0.25, 0.3) is 11.0 Å². The van der Waals surface area contributed by atoms with Crippen LogP contribution in [0.3, 0.4) is 0 Å². The van der Waals surface area contributed by atoms with Crippen molar-refractivity contribution in [3.05, 3.63) is 77.4 Å². The third-order valence-electron chi connectivity index (χ3n) is 10.4. The maximum Gasteiger partial charge on any atom is 0.254 e. The van der Waals surface area contributed by atoms with Gasteiger partial charge < -0.3 is 44.1 Å². The van der Waals surface area contributed by atoms with Gasteiger partial charge in [0.15, 0.2) is 11.5 Å². The normalized spacial score (nSPS) is 18.2. The first-order valence-electron chi connectivity index (χ1n) is 17.6. The van der Waals surface area contributed by atoms with Crippen LogP contribution in [0.15, 0.2) is 60.7 Å². The highest BCUT2D eigenvalue weighted by atomic mass is 16.5. The smallest absolute Gasteiger partial charge is 0.254 e. The number of aryl methyl sites for hydroxylation is 1. The molecule has 2 aliphatic heterocycles. The molecule has 3 N–H and O–H groups in total. The van der Waals surface area contributed by atoms with E-state index >= 15 is 0 Å². The lowest BCUT2D eigenvalue weighted by Crippen LogP contribution is -2.42. The number of carbonyl (C=O) groups excluding carboxylic acids is 1. The average Bonchev–Trinajstić information content (AvgIpc) is 3.73. The van der Waals surface area contributed by atoms with Gasteiger partial charge in [-0.25, -0.2) is 4.98 Å². The van der Waals surface area contributed by atoms with Crippen molar-refractivity contribution in [3.8, 4) is 17.2 Å². The van der Waals surface area contributed by atoms with Crippen LogP contribution in [0.2, 0.25) is 0 Å². The quantitative estimate of drug-likeness (QED) is 0.177. The van der Waals surface area contributed by atoms with Crippen molar-refractivity contribution in [1.29, 1.82) is 0 Å². The Morgan fingerprint density at radius 3 is 2.42 bits per heavy atom. The zero-order chi connectivity index (χ0) is 34.4. The van der Waals surface area contributed by atoms with Crippen LogP contribution >= 0.6 is 0 Å². The highest BCUT2D eigenvalue weighted by Crippen LogP contribution is 2.40. The minimum atomic E-state index is -0.145. The number of amides is 1. The van der Waals surface area contributed by atoms with Gasteiger partial charge in [0.05, 0.1) is 39.0 Å². The summed E-state index contributed by atoms with van der Waals surface area (Å²) < 4.78 is 24.5. The van der Waals surface area contributed by atoms with Gasteiger partial charge in [-0.3, -0.25) is 4.79 Å². The summed E-state index contributed by atoms with van der Waals surface area (Å²) in [5.74, 6) is 3.03. The Bertz CT molecular complexity index is 1720. The van der Waals surface area contributed by atoms with Gasteiger partial charge in [0, 0.05) is 56.4 Å². The number of imidazole rings is 1. The van der Waals surface area contributed by atoms with E-state index in [1.54, 1.807) is 27.4 Å². The van der Waals surface area contributed by atoms with Crippen molar-refractivity contribution in [1.82, 2.24) is 19.4 Å². The monoisotopic (exact) mass is 687 g/mol. The summed E-state index contributed by atoms with van der Waals surface area (Å²) in [5, 5.41) is 3.78. The molecular formula is C39H53N5O6. The van der Waals surface area contributed by atoms with Gasteiger partial charge in [-0.15, -0.1) is 0 Å². The van der Waals surface area contributed by atoms with E-state index in [-0.39, 0.29) is 16.8 Å². The Morgan fingerprint density at radius 1 is 0.960 bits per heavy atom. The molecule has 4 aromatic rings. The Kier molecular flexibility index (Phi) is 12.3. The number of rotatable bonds is 14. The molecule has 11 nitrogen and oxygen atoms in total. The second-order valence-corrected chi connectivity index (χ2v) is 13.3. The predicted octanol–water partition coefficient (Wildman–Crippen LogP) is 5.33. The molecule has 0 saturated carbocycles. The number of nitrogens with one attached hydrogen (secondary N) is 1. The van der Waals surface area contributed by atoms with Crippen molar-refractivity contribution < 1.29 is 29.2 Å². The molecule has 6 rings (SSSR count). The van der Waals surface area contributed by atoms with Gasteiger partial charge in [-0.1, -0.05) is 24.3 Å². The summed E-state index contributed by atoms with van der Waals surface area (Å²) in [6, 6.07) is 20.8. The molecule has 270 valence electrons. The zero-order valence-corrected chi connectivity index (χ0v) is 30.2. The summed E-state index contributed by atoms with van der Waals surface area (Å²) >= 11 is 0. The lowest BCUT2D eigenvalue weighted by atomic mass is 9.76. The second-order valence-electron chi connectivity index (χ2n) is 13.3. The maximum atomic E-state index is 13.9.